The quantitative estimate of drug-likeness (QED) is 0.556. The van der Waals surface area contributed by atoms with E-state index in [1.165, 1.54) is 17.8 Å². The second-order valence-corrected chi connectivity index (χ2v) is 7.59. The van der Waals surface area contributed by atoms with E-state index >= 15 is 0 Å². The summed E-state index contributed by atoms with van der Waals surface area (Å²) < 4.78 is 15.4. The molecule has 0 saturated carbocycles. The molecule has 0 bridgehead atoms. The van der Waals surface area contributed by atoms with E-state index in [9.17, 15) is 4.39 Å². The van der Waals surface area contributed by atoms with Crippen LogP contribution in [0.4, 0.5) is 4.39 Å². The first-order valence-electron chi connectivity index (χ1n) is 8.20. The van der Waals surface area contributed by atoms with Gasteiger partial charge < -0.3 is 0 Å². The Morgan fingerprint density at radius 2 is 1.88 bits per heavy atom. The number of hydrogen-bond donors (Lipinski definition) is 0. The molecule has 1 unspecified atom stereocenters. The van der Waals surface area contributed by atoms with Gasteiger partial charge in [0, 0.05) is 16.5 Å². The first-order chi connectivity index (χ1) is 12.5. The Morgan fingerprint density at radius 3 is 2.54 bits per heavy atom. The molecule has 0 N–H and O–H groups in total. The molecule has 0 fully saturated rings. The molecule has 26 heavy (non-hydrogen) atoms. The van der Waals surface area contributed by atoms with Gasteiger partial charge in [-0.3, -0.25) is 9.47 Å². The molecule has 7 heteroatoms. The van der Waals surface area contributed by atoms with Crippen LogP contribution in [-0.2, 0) is 5.75 Å². The zero-order chi connectivity index (χ0) is 18.7. The maximum absolute atomic E-state index is 13.4. The lowest BCUT2D eigenvalue weighted by Gasteiger charge is -2.20. The number of hydrogen-bond acceptors (Lipinski definition) is 4. The van der Waals surface area contributed by atoms with Crippen LogP contribution in [0.1, 0.15) is 24.4 Å². The maximum Gasteiger partial charge on any atom is 0.196 e. The molecule has 2 aromatic carbocycles. The summed E-state index contributed by atoms with van der Waals surface area (Å²) in [6, 6.07) is 14.3. The highest BCUT2D eigenvalue weighted by atomic mass is 35.5. The SMILES string of the molecule is CC(c1nnc(SCc2cccc(F)c2)n1-c1ccc(Cl)cc1)N(C)C. The first kappa shape index (κ1) is 18.9. The van der Waals surface area contributed by atoms with Crippen molar-refractivity contribution in [2.45, 2.75) is 23.9 Å². The Labute approximate surface area is 162 Å². The first-order valence-corrected chi connectivity index (χ1v) is 9.57. The smallest absolute Gasteiger partial charge is 0.196 e. The van der Waals surface area contributed by atoms with E-state index < -0.39 is 0 Å². The van der Waals surface area contributed by atoms with Crippen LogP contribution in [-0.4, -0.2) is 33.8 Å². The van der Waals surface area contributed by atoms with Gasteiger partial charge in [0.05, 0.1) is 6.04 Å². The van der Waals surface area contributed by atoms with Gasteiger partial charge in [0.15, 0.2) is 11.0 Å². The van der Waals surface area contributed by atoms with Crippen LogP contribution in [0.2, 0.25) is 5.02 Å². The molecule has 0 aliphatic rings. The fraction of sp³-hybridized carbons (Fsp3) is 0.263. The van der Waals surface area contributed by atoms with E-state index in [2.05, 4.69) is 22.0 Å². The third-order valence-electron chi connectivity index (χ3n) is 4.15. The number of rotatable bonds is 6. The predicted octanol–water partition coefficient (Wildman–Crippen LogP) is 4.97. The molecule has 0 aliphatic heterocycles. The van der Waals surface area contributed by atoms with Gasteiger partial charge in [-0.15, -0.1) is 10.2 Å². The zero-order valence-electron chi connectivity index (χ0n) is 14.9. The summed E-state index contributed by atoms with van der Waals surface area (Å²) in [5.74, 6) is 1.23. The summed E-state index contributed by atoms with van der Waals surface area (Å²) in [5.41, 5.74) is 1.85. The molecule has 3 rings (SSSR count). The highest BCUT2D eigenvalue weighted by Gasteiger charge is 2.21. The van der Waals surface area contributed by atoms with Crippen molar-refractivity contribution in [1.82, 2.24) is 19.7 Å². The molecular weight excluding hydrogens is 371 g/mol. The van der Waals surface area contributed by atoms with E-state index in [-0.39, 0.29) is 11.9 Å². The summed E-state index contributed by atoms with van der Waals surface area (Å²) >= 11 is 7.56. The van der Waals surface area contributed by atoms with Crippen LogP contribution in [0, 0.1) is 5.82 Å². The minimum absolute atomic E-state index is 0.0849. The van der Waals surface area contributed by atoms with Gasteiger partial charge in [-0.05, 0) is 63.0 Å². The number of halogens is 2. The van der Waals surface area contributed by atoms with Crippen LogP contribution in [0.3, 0.4) is 0 Å². The Hall–Kier alpha value is -1.89. The lowest BCUT2D eigenvalue weighted by Crippen LogP contribution is -2.20. The minimum atomic E-state index is -0.232. The molecule has 0 amide bonds. The summed E-state index contributed by atoms with van der Waals surface area (Å²) in [7, 11) is 4.01. The fourth-order valence-corrected chi connectivity index (χ4v) is 3.51. The van der Waals surface area contributed by atoms with Crippen molar-refractivity contribution >= 4 is 23.4 Å². The molecule has 1 aromatic heterocycles. The fourth-order valence-electron chi connectivity index (χ4n) is 2.48. The van der Waals surface area contributed by atoms with E-state index in [1.807, 2.05) is 49.0 Å². The monoisotopic (exact) mass is 390 g/mol. The van der Waals surface area contributed by atoms with Gasteiger partial charge in [-0.1, -0.05) is 35.5 Å². The highest BCUT2D eigenvalue weighted by Crippen LogP contribution is 2.29. The van der Waals surface area contributed by atoms with Gasteiger partial charge in [-0.2, -0.15) is 0 Å². The van der Waals surface area contributed by atoms with E-state index in [0.29, 0.717) is 10.8 Å². The second-order valence-electron chi connectivity index (χ2n) is 6.21. The summed E-state index contributed by atoms with van der Waals surface area (Å²) in [6.07, 6.45) is 0. The van der Waals surface area contributed by atoms with Gasteiger partial charge in [-0.25, -0.2) is 4.39 Å². The largest absolute Gasteiger partial charge is 0.300 e. The van der Waals surface area contributed by atoms with E-state index in [4.69, 9.17) is 11.6 Å². The Kier molecular flexibility index (Phi) is 5.96. The molecular formula is C19H20ClFN4S. The average molecular weight is 391 g/mol. The molecule has 1 atom stereocenters. The number of thioether (sulfide) groups is 1. The van der Waals surface area contributed by atoms with Crippen LogP contribution in [0.15, 0.2) is 53.7 Å². The Balaban J connectivity index is 1.95. The summed E-state index contributed by atoms with van der Waals surface area (Å²) in [4.78, 5) is 2.08. The topological polar surface area (TPSA) is 34.0 Å². The van der Waals surface area contributed by atoms with Crippen LogP contribution >= 0.6 is 23.4 Å². The van der Waals surface area contributed by atoms with Gasteiger partial charge in [0.25, 0.3) is 0 Å². The minimum Gasteiger partial charge on any atom is -0.300 e. The molecule has 1 heterocycles. The third kappa shape index (κ3) is 4.26. The highest BCUT2D eigenvalue weighted by molar-refractivity contribution is 7.98. The Bertz CT molecular complexity index is 880. The van der Waals surface area contributed by atoms with Crippen molar-refractivity contribution in [2.24, 2.45) is 0 Å². The predicted molar refractivity (Wildman–Crippen MR) is 104 cm³/mol. The van der Waals surface area contributed by atoms with E-state index in [1.54, 1.807) is 12.1 Å². The van der Waals surface area contributed by atoms with Crippen LogP contribution in [0.25, 0.3) is 5.69 Å². The maximum atomic E-state index is 13.4. The van der Waals surface area contributed by atoms with Gasteiger partial charge in [0.1, 0.15) is 5.82 Å². The van der Waals surface area contributed by atoms with Crippen molar-refractivity contribution in [3.05, 3.63) is 70.8 Å². The van der Waals surface area contributed by atoms with Gasteiger partial charge in [0.2, 0.25) is 0 Å². The summed E-state index contributed by atoms with van der Waals surface area (Å²) in [5, 5.41) is 10.2. The van der Waals surface area contributed by atoms with Crippen molar-refractivity contribution in [3.63, 3.8) is 0 Å². The van der Waals surface area contributed by atoms with Crippen molar-refractivity contribution in [1.29, 1.82) is 0 Å². The lowest BCUT2D eigenvalue weighted by atomic mass is 10.2. The van der Waals surface area contributed by atoms with Crippen LogP contribution < -0.4 is 0 Å². The molecule has 0 radical (unpaired) electrons. The summed E-state index contributed by atoms with van der Waals surface area (Å²) in [6.45, 7) is 2.08. The molecule has 3 aromatic rings. The molecule has 0 aliphatic carbocycles. The van der Waals surface area contributed by atoms with Crippen LogP contribution in [0.5, 0.6) is 0 Å². The second kappa shape index (κ2) is 8.20. The standard InChI is InChI=1S/C19H20ClFN4S/c1-13(24(2)3)18-22-23-19(25(18)17-9-7-15(20)8-10-17)26-12-14-5-4-6-16(21)11-14/h4-11,13H,12H2,1-3H3. The average Bonchev–Trinajstić information content (AvgIpc) is 3.03. The number of nitrogens with zero attached hydrogens (tertiary/aromatic N) is 4. The lowest BCUT2D eigenvalue weighted by molar-refractivity contribution is 0.305. The molecule has 4 nitrogen and oxygen atoms in total. The van der Waals surface area contributed by atoms with Crippen molar-refractivity contribution in [2.75, 3.05) is 14.1 Å². The molecule has 0 spiro atoms. The molecule has 136 valence electrons. The zero-order valence-corrected chi connectivity index (χ0v) is 16.4. The third-order valence-corrected chi connectivity index (χ3v) is 5.40. The van der Waals surface area contributed by atoms with E-state index in [0.717, 1.165) is 22.2 Å². The number of aromatic nitrogens is 3. The Morgan fingerprint density at radius 1 is 1.15 bits per heavy atom. The molecule has 0 saturated heterocycles. The van der Waals surface area contributed by atoms with Crippen molar-refractivity contribution in [3.8, 4) is 5.69 Å². The number of benzene rings is 2. The van der Waals surface area contributed by atoms with Gasteiger partial charge >= 0.3 is 0 Å². The van der Waals surface area contributed by atoms with Crippen molar-refractivity contribution < 1.29 is 4.39 Å². The normalized spacial score (nSPS) is 12.5.